The van der Waals surface area contributed by atoms with Gasteiger partial charge in [-0.1, -0.05) is 36.4 Å². The Morgan fingerprint density at radius 1 is 0.760 bits per heavy atom. The molecule has 25 heavy (non-hydrogen) atoms. The number of carbonyl (C=O) groups excluding carboxylic acids is 2. The molecular formula is C20H12KNO3. The van der Waals surface area contributed by atoms with Gasteiger partial charge in [0.25, 0.3) is 0 Å². The number of carbonyl (C=O) groups is 2. The van der Waals surface area contributed by atoms with Crippen LogP contribution in [-0.2, 0) is 4.79 Å². The molecule has 0 aliphatic heterocycles. The molecule has 3 aromatic carbocycles. The van der Waals surface area contributed by atoms with Crippen molar-refractivity contribution in [2.45, 2.75) is 0 Å². The van der Waals surface area contributed by atoms with Crippen LogP contribution >= 0.6 is 0 Å². The van der Waals surface area contributed by atoms with Gasteiger partial charge in [-0.3, -0.25) is 4.79 Å². The summed E-state index contributed by atoms with van der Waals surface area (Å²) in [6.07, 6.45) is 0. The van der Waals surface area contributed by atoms with E-state index in [2.05, 4.69) is 4.57 Å². The van der Waals surface area contributed by atoms with Crippen LogP contribution in [0.15, 0.2) is 72.8 Å². The normalized spacial score (nSPS) is 10.6. The van der Waals surface area contributed by atoms with E-state index in [1.165, 1.54) is 6.07 Å². The molecule has 4 nitrogen and oxygen atoms in total. The summed E-state index contributed by atoms with van der Waals surface area (Å²) in [5.74, 6) is -2.70. The molecule has 1 aromatic heterocycles. The van der Waals surface area contributed by atoms with Crippen LogP contribution in [0.3, 0.4) is 0 Å². The van der Waals surface area contributed by atoms with Gasteiger partial charge in [0.1, 0.15) is 5.97 Å². The zero-order valence-corrected chi connectivity index (χ0v) is 16.7. The largest absolute Gasteiger partial charge is 1.00 e. The Hall–Kier alpha value is -1.76. The maximum atomic E-state index is 11.7. The summed E-state index contributed by atoms with van der Waals surface area (Å²) in [6.45, 7) is 0. The fourth-order valence-corrected chi connectivity index (χ4v) is 3.09. The number of aromatic nitrogens is 1. The number of hydrogen-bond acceptors (Lipinski definition) is 3. The third-order valence-corrected chi connectivity index (χ3v) is 4.13. The third-order valence-electron chi connectivity index (χ3n) is 4.13. The molecule has 0 unspecified atom stereocenters. The van der Waals surface area contributed by atoms with Crippen LogP contribution in [0.1, 0.15) is 10.4 Å². The van der Waals surface area contributed by atoms with E-state index in [4.69, 9.17) is 0 Å². The predicted molar refractivity (Wildman–Crippen MR) is 90.1 cm³/mol. The first-order chi connectivity index (χ1) is 11.7. The Balaban J connectivity index is 0.00000182. The zero-order chi connectivity index (χ0) is 16.7. The smallest absolute Gasteiger partial charge is 0.541 e. The summed E-state index contributed by atoms with van der Waals surface area (Å²) in [5.41, 5.74) is 3.04. The second kappa shape index (κ2) is 7.23. The number of carboxylic acids is 1. The van der Waals surface area contributed by atoms with Gasteiger partial charge in [-0.2, -0.15) is 0 Å². The minimum Gasteiger partial charge on any atom is -0.541 e. The monoisotopic (exact) mass is 353 g/mol. The number of carboxylic acid groups (broad SMARTS) is 1. The number of aliphatic carboxylic acids is 1. The average Bonchev–Trinajstić information content (AvgIpc) is 2.95. The van der Waals surface area contributed by atoms with E-state index in [0.717, 1.165) is 27.5 Å². The van der Waals surface area contributed by atoms with Gasteiger partial charge < -0.3 is 14.5 Å². The van der Waals surface area contributed by atoms with Gasteiger partial charge in [-0.25, -0.2) is 0 Å². The molecule has 5 heteroatoms. The van der Waals surface area contributed by atoms with Gasteiger partial charge in [0.2, 0.25) is 5.78 Å². The molecule has 0 fully saturated rings. The van der Waals surface area contributed by atoms with E-state index >= 15 is 0 Å². The van der Waals surface area contributed by atoms with E-state index in [0.29, 0.717) is 0 Å². The fraction of sp³-hybridized carbons (Fsp3) is 0. The van der Waals surface area contributed by atoms with Crippen molar-refractivity contribution in [1.82, 2.24) is 4.57 Å². The minimum absolute atomic E-state index is 0. The number of para-hydroxylation sites is 2. The van der Waals surface area contributed by atoms with E-state index in [-0.39, 0.29) is 56.9 Å². The van der Waals surface area contributed by atoms with Gasteiger partial charge in [-0.05, 0) is 36.4 Å². The van der Waals surface area contributed by atoms with Crippen molar-refractivity contribution < 1.29 is 66.1 Å². The van der Waals surface area contributed by atoms with Crippen LogP contribution in [0, 0.1) is 0 Å². The minimum atomic E-state index is -1.69. The maximum Gasteiger partial charge on any atom is 1.00 e. The first kappa shape index (κ1) is 18.0. The van der Waals surface area contributed by atoms with Crippen molar-refractivity contribution in [3.8, 4) is 5.69 Å². The molecule has 0 saturated carbocycles. The summed E-state index contributed by atoms with van der Waals surface area (Å²) >= 11 is 0. The van der Waals surface area contributed by atoms with E-state index in [1.54, 1.807) is 12.1 Å². The molecule has 4 rings (SSSR count). The van der Waals surface area contributed by atoms with Gasteiger partial charge >= 0.3 is 51.4 Å². The van der Waals surface area contributed by atoms with Crippen molar-refractivity contribution in [3.63, 3.8) is 0 Å². The topological polar surface area (TPSA) is 62.1 Å². The zero-order valence-electron chi connectivity index (χ0n) is 13.6. The number of ketones is 1. The van der Waals surface area contributed by atoms with Crippen molar-refractivity contribution >= 4 is 33.6 Å². The standard InChI is InChI=1S/C20H13NO3.K/c22-19(20(23)24)13-10-11-18-16(12-13)15-8-4-5-9-17(15)21(18)14-6-2-1-3-7-14;/h1-12H,(H,23,24);/q;+1/p-1. The molecule has 0 radical (unpaired) electrons. The Morgan fingerprint density at radius 3 is 2.12 bits per heavy atom. The Labute approximate surface area is 186 Å². The number of hydrogen-bond donors (Lipinski definition) is 0. The molecule has 116 valence electrons. The SMILES string of the molecule is O=C([O-])C(=O)c1ccc2c(c1)c1ccccc1n2-c1ccccc1.[K+]. The fourth-order valence-electron chi connectivity index (χ4n) is 3.09. The number of Topliss-reactive ketones (excluding diaryl/α,β-unsaturated/α-hetero) is 1. The van der Waals surface area contributed by atoms with Crippen LogP contribution in [0.5, 0.6) is 0 Å². The van der Waals surface area contributed by atoms with Crippen molar-refractivity contribution in [1.29, 1.82) is 0 Å². The number of benzene rings is 3. The van der Waals surface area contributed by atoms with Gasteiger partial charge in [0.15, 0.2) is 0 Å². The first-order valence-electron chi connectivity index (χ1n) is 7.51. The second-order valence-corrected chi connectivity index (χ2v) is 5.54. The Bertz CT molecular complexity index is 1100. The molecule has 0 N–H and O–H groups in total. The molecule has 1 heterocycles. The Kier molecular flexibility index (Phi) is 5.22. The van der Waals surface area contributed by atoms with E-state index in [1.807, 2.05) is 54.6 Å². The maximum absolute atomic E-state index is 11.7. The second-order valence-electron chi connectivity index (χ2n) is 5.54. The average molecular weight is 353 g/mol. The van der Waals surface area contributed by atoms with Crippen LogP contribution < -0.4 is 56.5 Å². The predicted octanol–water partition coefficient (Wildman–Crippen LogP) is -0.280. The number of nitrogens with zero attached hydrogens (tertiary/aromatic N) is 1. The molecular weight excluding hydrogens is 341 g/mol. The molecule has 0 aliphatic rings. The van der Waals surface area contributed by atoms with Crippen LogP contribution in [0.2, 0.25) is 0 Å². The molecule has 4 aromatic rings. The molecule has 0 saturated heterocycles. The van der Waals surface area contributed by atoms with Crippen molar-refractivity contribution in [2.75, 3.05) is 0 Å². The van der Waals surface area contributed by atoms with Crippen LogP contribution in [0.4, 0.5) is 0 Å². The van der Waals surface area contributed by atoms with Gasteiger partial charge in [-0.15, -0.1) is 0 Å². The summed E-state index contributed by atoms with van der Waals surface area (Å²) in [7, 11) is 0. The summed E-state index contributed by atoms with van der Waals surface area (Å²) < 4.78 is 2.10. The number of fused-ring (bicyclic) bond motifs is 3. The van der Waals surface area contributed by atoms with Crippen molar-refractivity contribution in [3.05, 3.63) is 78.4 Å². The summed E-state index contributed by atoms with van der Waals surface area (Å²) in [4.78, 5) is 22.6. The molecule has 0 bridgehead atoms. The summed E-state index contributed by atoms with van der Waals surface area (Å²) in [5, 5.41) is 12.7. The van der Waals surface area contributed by atoms with E-state index < -0.39 is 11.8 Å². The quantitative estimate of drug-likeness (QED) is 0.289. The Morgan fingerprint density at radius 2 is 1.40 bits per heavy atom. The molecule has 0 amide bonds. The molecule has 0 spiro atoms. The third kappa shape index (κ3) is 3.10. The summed E-state index contributed by atoms with van der Waals surface area (Å²) in [6, 6.07) is 22.7. The van der Waals surface area contributed by atoms with Gasteiger partial charge in [0, 0.05) is 22.0 Å². The number of rotatable bonds is 3. The van der Waals surface area contributed by atoms with Crippen LogP contribution in [-0.4, -0.2) is 16.3 Å². The first-order valence-corrected chi connectivity index (χ1v) is 7.51. The van der Waals surface area contributed by atoms with Crippen molar-refractivity contribution in [2.24, 2.45) is 0 Å². The van der Waals surface area contributed by atoms with E-state index in [9.17, 15) is 14.7 Å². The molecule has 0 atom stereocenters. The van der Waals surface area contributed by atoms with Crippen LogP contribution in [0.25, 0.3) is 27.5 Å². The molecule has 0 aliphatic carbocycles. The van der Waals surface area contributed by atoms with Gasteiger partial charge in [0.05, 0.1) is 11.0 Å².